The van der Waals surface area contributed by atoms with Crippen molar-refractivity contribution in [3.63, 3.8) is 0 Å². The number of likely N-dealkylation sites (tertiary alicyclic amines) is 1. The third-order valence-corrected chi connectivity index (χ3v) is 11.3. The number of hydrogen-bond acceptors (Lipinski definition) is 5. The second-order valence-corrected chi connectivity index (χ2v) is 13.1. The molecular weight excluding hydrogens is 566 g/mol. The number of aliphatic hydroxyl groups excluding tert-OH is 1. The van der Waals surface area contributed by atoms with E-state index in [9.17, 15) is 19.5 Å². The first-order valence-corrected chi connectivity index (χ1v) is 15.2. The van der Waals surface area contributed by atoms with E-state index in [1.54, 1.807) is 16.7 Å². The highest BCUT2D eigenvalue weighted by Crippen LogP contribution is 2.68. The first kappa shape index (κ1) is 27.2. The van der Waals surface area contributed by atoms with Gasteiger partial charge in [-0.3, -0.25) is 14.4 Å². The lowest BCUT2D eigenvalue weighted by Gasteiger charge is -2.37. The number of hydrogen-bond donors (Lipinski definition) is 3. The van der Waals surface area contributed by atoms with Crippen LogP contribution in [0.2, 0.25) is 0 Å². The first-order chi connectivity index (χ1) is 18.4. The number of nitrogens with zero attached hydrogens (tertiary/aromatic N) is 1. The molecule has 38 heavy (non-hydrogen) atoms. The normalized spacial score (nSPS) is 30.2. The molecule has 3 aliphatic heterocycles. The van der Waals surface area contributed by atoms with Crippen molar-refractivity contribution in [2.24, 2.45) is 11.8 Å². The van der Waals surface area contributed by atoms with Crippen LogP contribution in [0, 0.1) is 11.8 Å². The van der Waals surface area contributed by atoms with Gasteiger partial charge >= 0.3 is 0 Å². The van der Waals surface area contributed by atoms with Crippen LogP contribution in [-0.2, 0) is 14.4 Å². The monoisotopic (exact) mass is 599 g/mol. The molecule has 3 N–H and O–H groups in total. The lowest BCUT2D eigenvalue weighted by atomic mass is 9.70. The molecule has 0 saturated carbocycles. The number of nitrogens with one attached hydrogen (secondary N) is 2. The molecule has 2 aromatic carbocycles. The number of rotatable bonds is 10. The Bertz CT molecular complexity index is 1170. The maximum atomic E-state index is 14.3. The van der Waals surface area contributed by atoms with Gasteiger partial charge in [0.05, 0.1) is 29.2 Å². The molecule has 2 bridgehead atoms. The van der Waals surface area contributed by atoms with Gasteiger partial charge in [0.15, 0.2) is 0 Å². The minimum Gasteiger partial charge on any atom is -0.394 e. The number of halogens is 1. The smallest absolute Gasteiger partial charge is 0.244 e. The van der Waals surface area contributed by atoms with Gasteiger partial charge in [0.25, 0.3) is 0 Å². The molecule has 3 fully saturated rings. The number of benzene rings is 2. The molecule has 3 saturated heterocycles. The average molecular weight is 601 g/mol. The Balaban J connectivity index is 1.53. The first-order valence-electron chi connectivity index (χ1n) is 13.4. The number of alkyl halides is 1. The minimum atomic E-state index is -0.788. The van der Waals surface area contributed by atoms with Crippen LogP contribution in [-0.4, -0.2) is 61.7 Å². The summed E-state index contributed by atoms with van der Waals surface area (Å²) in [6.07, 6.45) is 3.51. The molecule has 2 aromatic rings. The molecule has 3 unspecified atom stereocenters. The summed E-state index contributed by atoms with van der Waals surface area (Å²) in [7, 11) is 0. The zero-order valence-electron chi connectivity index (χ0n) is 21.4. The number of amides is 3. The zero-order valence-corrected chi connectivity index (χ0v) is 23.8. The number of carbonyl (C=O) groups is 3. The molecule has 1 spiro atoms. The van der Waals surface area contributed by atoms with E-state index in [1.165, 1.54) is 0 Å². The van der Waals surface area contributed by atoms with Crippen LogP contribution in [0.5, 0.6) is 0 Å². The van der Waals surface area contributed by atoms with Gasteiger partial charge in [0, 0.05) is 22.3 Å². The van der Waals surface area contributed by atoms with Crippen molar-refractivity contribution in [3.05, 3.63) is 66.2 Å². The molecule has 7 atom stereocenters. The Kier molecular flexibility index (Phi) is 8.16. The number of anilines is 1. The Hall–Kier alpha value is -2.36. The molecule has 9 heteroatoms. The summed E-state index contributed by atoms with van der Waals surface area (Å²) in [6, 6.07) is 17.1. The van der Waals surface area contributed by atoms with Gasteiger partial charge in [-0.2, -0.15) is 0 Å². The number of aliphatic hydroxyl groups is 1. The highest BCUT2D eigenvalue weighted by Gasteiger charge is 2.76. The second kappa shape index (κ2) is 11.4. The Morgan fingerprint density at radius 3 is 2.45 bits per heavy atom. The van der Waals surface area contributed by atoms with Crippen molar-refractivity contribution in [2.45, 2.75) is 59.5 Å². The van der Waals surface area contributed by atoms with Gasteiger partial charge in [-0.1, -0.05) is 84.2 Å². The minimum absolute atomic E-state index is 0.0114. The fourth-order valence-corrected chi connectivity index (χ4v) is 10.1. The molecular formula is C29H34BrN3O4S. The van der Waals surface area contributed by atoms with Crippen LogP contribution in [0.25, 0.3) is 0 Å². The van der Waals surface area contributed by atoms with Crippen molar-refractivity contribution in [3.8, 4) is 0 Å². The summed E-state index contributed by atoms with van der Waals surface area (Å²) in [5, 5.41) is 16.5. The molecule has 5 rings (SSSR count). The van der Waals surface area contributed by atoms with Gasteiger partial charge in [-0.15, -0.1) is 11.8 Å². The van der Waals surface area contributed by atoms with Gasteiger partial charge in [-0.05, 0) is 30.5 Å². The maximum absolute atomic E-state index is 14.3. The fourth-order valence-electron chi connectivity index (χ4n) is 6.46. The summed E-state index contributed by atoms with van der Waals surface area (Å²) in [6.45, 7) is 2.33. The number of para-hydroxylation sites is 1. The topological polar surface area (TPSA) is 98.7 Å². The SMILES string of the molecule is CCCCCNC(=O)C1N([C@H](CO)c2ccccc2)C(=O)[C@@H]2[C@H](C(=O)Nc3ccccc3)[C@H]3SC12CC3Br. The van der Waals surface area contributed by atoms with Gasteiger partial charge in [-0.25, -0.2) is 0 Å². The van der Waals surface area contributed by atoms with Crippen LogP contribution in [0.3, 0.4) is 0 Å². The van der Waals surface area contributed by atoms with E-state index in [2.05, 4.69) is 33.5 Å². The summed E-state index contributed by atoms with van der Waals surface area (Å²) in [5.41, 5.74) is 1.44. The van der Waals surface area contributed by atoms with E-state index in [-0.39, 0.29) is 34.4 Å². The van der Waals surface area contributed by atoms with E-state index < -0.39 is 28.7 Å². The molecule has 0 aliphatic carbocycles. The van der Waals surface area contributed by atoms with Crippen molar-refractivity contribution in [1.82, 2.24) is 10.2 Å². The van der Waals surface area contributed by atoms with E-state index in [0.717, 1.165) is 24.8 Å². The lowest BCUT2D eigenvalue weighted by Crippen LogP contribution is -2.55. The fraction of sp³-hybridized carbons (Fsp3) is 0.483. The van der Waals surface area contributed by atoms with E-state index in [1.807, 2.05) is 60.7 Å². The van der Waals surface area contributed by atoms with Gasteiger partial charge < -0.3 is 20.6 Å². The average Bonchev–Trinajstić information content (AvgIpc) is 3.52. The lowest BCUT2D eigenvalue weighted by molar-refractivity contribution is -0.142. The molecule has 0 radical (unpaired) electrons. The number of carbonyl (C=O) groups excluding carboxylic acids is 3. The Labute approximate surface area is 236 Å². The molecule has 3 heterocycles. The molecule has 7 nitrogen and oxygen atoms in total. The summed E-state index contributed by atoms with van der Waals surface area (Å²) < 4.78 is -0.758. The molecule has 0 aromatic heterocycles. The van der Waals surface area contributed by atoms with Crippen LogP contribution in [0.4, 0.5) is 5.69 Å². The van der Waals surface area contributed by atoms with Gasteiger partial charge in [0.1, 0.15) is 6.04 Å². The van der Waals surface area contributed by atoms with Crippen molar-refractivity contribution in [2.75, 3.05) is 18.5 Å². The Morgan fingerprint density at radius 2 is 1.79 bits per heavy atom. The van der Waals surface area contributed by atoms with E-state index in [0.29, 0.717) is 18.7 Å². The van der Waals surface area contributed by atoms with Crippen LogP contribution < -0.4 is 10.6 Å². The van der Waals surface area contributed by atoms with Gasteiger partial charge in [0.2, 0.25) is 17.7 Å². The summed E-state index contributed by atoms with van der Waals surface area (Å²) >= 11 is 5.40. The summed E-state index contributed by atoms with van der Waals surface area (Å²) in [4.78, 5) is 43.5. The maximum Gasteiger partial charge on any atom is 0.244 e. The second-order valence-electron chi connectivity index (χ2n) is 10.4. The predicted octanol–water partition coefficient (Wildman–Crippen LogP) is 4.13. The quantitative estimate of drug-likeness (QED) is 0.282. The Morgan fingerprint density at radius 1 is 1.11 bits per heavy atom. The molecule has 3 aliphatic rings. The van der Waals surface area contributed by atoms with E-state index >= 15 is 0 Å². The molecule has 3 amide bonds. The zero-order chi connectivity index (χ0) is 26.9. The van der Waals surface area contributed by atoms with Crippen LogP contribution in [0.1, 0.15) is 44.2 Å². The third-order valence-electron chi connectivity index (χ3n) is 8.09. The highest BCUT2D eigenvalue weighted by molar-refractivity contribution is 9.09. The molecule has 202 valence electrons. The highest BCUT2D eigenvalue weighted by atomic mass is 79.9. The third kappa shape index (κ3) is 4.67. The number of unbranched alkanes of at least 4 members (excludes halogenated alkanes) is 2. The van der Waals surface area contributed by atoms with E-state index in [4.69, 9.17) is 0 Å². The van der Waals surface area contributed by atoms with Crippen molar-refractivity contribution < 1.29 is 19.5 Å². The van der Waals surface area contributed by atoms with Crippen LogP contribution in [0.15, 0.2) is 60.7 Å². The largest absolute Gasteiger partial charge is 0.394 e. The summed E-state index contributed by atoms with van der Waals surface area (Å²) in [5.74, 6) is -1.89. The standard InChI is InChI=1S/C29H34BrN3O4S/c1-2-3-10-15-31-27(36)25-29-16-20(30)24(38-29)22(26(35)32-19-13-8-5-9-14-19)23(29)28(37)33(25)21(17-34)18-11-6-4-7-12-18/h4-9,11-14,20-25,34H,2-3,10,15-17H2,1H3,(H,31,36)(H,32,35)/t20?,21-,22+,23+,24+,25?,29?/m1/s1. The van der Waals surface area contributed by atoms with Crippen LogP contribution >= 0.6 is 27.7 Å². The number of fused-ring (bicyclic) bond motifs is 1. The number of thioether (sulfide) groups is 1. The predicted molar refractivity (Wildman–Crippen MR) is 153 cm³/mol. The van der Waals surface area contributed by atoms with Crippen molar-refractivity contribution in [1.29, 1.82) is 0 Å². The van der Waals surface area contributed by atoms with Crippen molar-refractivity contribution >= 4 is 51.1 Å².